The first-order valence-electron chi connectivity index (χ1n) is 15.2. The standard InChI is InChI=1S/C38H33N5O2.Ag/c1-5-29-21(3)33-17-27-13-15-31(40-27)37(23-7-9-24(10-8-23)38(44)45)32-16-14-28(41-32)18-34-22(4)30(6-2)36(43-34)20-26-12-11-25(39-26)19-35(29)42-33;/h7-20,40-41H,5-6H2,1-4H3,(H,44,45);/q;+1/p-1. The minimum atomic E-state index is -1.20. The van der Waals surface area contributed by atoms with Gasteiger partial charge in [-0.2, -0.15) is 0 Å². The van der Waals surface area contributed by atoms with Crippen LogP contribution in [0.4, 0.5) is 0 Å². The third kappa shape index (κ3) is 5.69. The van der Waals surface area contributed by atoms with E-state index in [2.05, 4.69) is 61.9 Å². The molecule has 2 N–H and O–H groups in total. The first kappa shape index (κ1) is 31.2. The molecule has 0 radical (unpaired) electrons. The van der Waals surface area contributed by atoms with E-state index in [0.29, 0.717) is 0 Å². The number of H-pyrrole nitrogens is 2. The molecule has 3 aliphatic rings. The first-order chi connectivity index (χ1) is 21.8. The minimum absolute atomic E-state index is 0. The Hall–Kier alpha value is -4.82. The maximum absolute atomic E-state index is 11.5. The fraction of sp³-hybridized carbons (Fsp3) is 0.158. The summed E-state index contributed by atoms with van der Waals surface area (Å²) in [4.78, 5) is 33.6. The summed E-state index contributed by atoms with van der Waals surface area (Å²) in [6.07, 6.45) is 5.78. The van der Waals surface area contributed by atoms with Crippen LogP contribution in [0.15, 0.2) is 72.8 Å². The van der Waals surface area contributed by atoms with Gasteiger partial charge in [0.1, 0.15) is 0 Å². The van der Waals surface area contributed by atoms with Gasteiger partial charge in [0, 0.05) is 27.6 Å². The van der Waals surface area contributed by atoms with Gasteiger partial charge < -0.3 is 19.9 Å². The van der Waals surface area contributed by atoms with E-state index in [0.717, 1.165) is 91.3 Å². The Morgan fingerprint density at radius 1 is 0.652 bits per heavy atom. The molecular formula is C38H32AgN5O2. The number of carbonyl (C=O) groups excluding carboxylic acids is 1. The van der Waals surface area contributed by atoms with E-state index >= 15 is 0 Å². The van der Waals surface area contributed by atoms with Crippen molar-refractivity contribution in [1.29, 1.82) is 0 Å². The molecule has 0 unspecified atom stereocenters. The molecule has 6 heterocycles. The molecule has 0 spiro atoms. The second-order valence-electron chi connectivity index (χ2n) is 11.4. The van der Waals surface area contributed by atoms with Gasteiger partial charge in [0.2, 0.25) is 0 Å². The van der Waals surface area contributed by atoms with Crippen LogP contribution < -0.4 is 5.11 Å². The molecule has 0 fully saturated rings. The molecule has 8 heteroatoms. The molecular weight excluding hydrogens is 666 g/mol. The van der Waals surface area contributed by atoms with Crippen LogP contribution in [0, 0.1) is 0 Å². The summed E-state index contributed by atoms with van der Waals surface area (Å²) in [5.41, 5.74) is 15.6. The normalized spacial score (nSPS) is 13.1. The number of carboxylic acid groups (broad SMARTS) is 1. The number of aromatic carboxylic acids is 1. The van der Waals surface area contributed by atoms with Gasteiger partial charge in [-0.05, 0) is 121 Å². The van der Waals surface area contributed by atoms with E-state index in [-0.39, 0.29) is 27.9 Å². The molecule has 232 valence electrons. The zero-order valence-electron chi connectivity index (χ0n) is 26.0. The topological polar surface area (TPSA) is 110 Å². The number of aromatic nitrogens is 5. The molecule has 3 aromatic heterocycles. The Morgan fingerprint density at radius 3 is 1.57 bits per heavy atom. The maximum Gasteiger partial charge on any atom is 1.00 e. The number of carboxylic acids is 1. The number of hydrogen-bond acceptors (Lipinski definition) is 5. The number of nitrogens with one attached hydrogen (secondary N) is 2. The fourth-order valence-corrected chi connectivity index (χ4v) is 6.31. The molecule has 1 aromatic carbocycles. The number of aromatic amines is 2. The molecule has 7 nitrogen and oxygen atoms in total. The van der Waals surface area contributed by atoms with Crippen LogP contribution in [-0.4, -0.2) is 30.9 Å². The van der Waals surface area contributed by atoms with Crippen LogP contribution in [0.25, 0.3) is 67.6 Å². The number of carbonyl (C=O) groups is 1. The fourth-order valence-electron chi connectivity index (χ4n) is 6.31. The molecule has 0 saturated heterocycles. The number of rotatable bonds is 4. The Bertz CT molecular complexity index is 2110. The van der Waals surface area contributed by atoms with Crippen LogP contribution in [0.2, 0.25) is 0 Å². The summed E-state index contributed by atoms with van der Waals surface area (Å²) < 4.78 is 0. The summed E-state index contributed by atoms with van der Waals surface area (Å²) in [5, 5.41) is 11.5. The van der Waals surface area contributed by atoms with Crippen molar-refractivity contribution in [1.82, 2.24) is 24.9 Å². The van der Waals surface area contributed by atoms with Gasteiger partial charge in [-0.3, -0.25) is 0 Å². The zero-order chi connectivity index (χ0) is 31.2. The number of hydrogen-bond donors (Lipinski definition) is 2. The Labute approximate surface area is 282 Å². The van der Waals surface area contributed by atoms with Crippen molar-refractivity contribution in [3.8, 4) is 11.1 Å². The average molecular weight is 699 g/mol. The van der Waals surface area contributed by atoms with Crippen molar-refractivity contribution >= 4 is 62.5 Å². The third-order valence-corrected chi connectivity index (χ3v) is 8.68. The van der Waals surface area contributed by atoms with E-state index < -0.39 is 5.97 Å². The van der Waals surface area contributed by atoms with Crippen molar-refractivity contribution in [3.63, 3.8) is 0 Å². The molecule has 0 saturated carbocycles. The summed E-state index contributed by atoms with van der Waals surface area (Å²) in [6, 6.07) is 23.2. The van der Waals surface area contributed by atoms with Crippen molar-refractivity contribution in [2.45, 2.75) is 40.5 Å². The minimum Gasteiger partial charge on any atom is -0.545 e. The molecule has 10 bridgehead atoms. The number of allylic oxidation sites excluding steroid dienone is 4. The van der Waals surface area contributed by atoms with Crippen molar-refractivity contribution in [2.24, 2.45) is 0 Å². The Kier molecular flexibility index (Phi) is 8.49. The SMILES string of the molecule is CCC1=C(C)c2cc3ccc([nH]3)c(-c3ccc(C(=O)[O-])cc3)c3ccc(cc4nc(cc5nc(cc1n2)C=C5)C(CC)=C4C)[nH]3.[Ag+]. The van der Waals surface area contributed by atoms with Crippen molar-refractivity contribution in [3.05, 3.63) is 113 Å². The molecule has 4 aromatic rings. The van der Waals surface area contributed by atoms with E-state index in [1.807, 2.05) is 48.6 Å². The van der Waals surface area contributed by atoms with Crippen LogP contribution in [0.5, 0.6) is 0 Å². The van der Waals surface area contributed by atoms with Gasteiger partial charge in [-0.15, -0.1) is 0 Å². The smallest absolute Gasteiger partial charge is 0.545 e. The van der Waals surface area contributed by atoms with Crippen LogP contribution in [0.1, 0.15) is 85.1 Å². The largest absolute Gasteiger partial charge is 1.00 e. The third-order valence-electron chi connectivity index (χ3n) is 8.68. The van der Waals surface area contributed by atoms with E-state index in [1.54, 1.807) is 12.1 Å². The number of nitrogens with zero attached hydrogens (tertiary/aromatic N) is 3. The molecule has 3 aliphatic heterocycles. The van der Waals surface area contributed by atoms with Crippen LogP contribution >= 0.6 is 0 Å². The predicted molar refractivity (Wildman–Crippen MR) is 181 cm³/mol. The van der Waals surface area contributed by atoms with E-state index in [4.69, 9.17) is 15.0 Å². The molecule has 0 aliphatic carbocycles. The van der Waals surface area contributed by atoms with Gasteiger partial charge in [-0.25, -0.2) is 15.0 Å². The number of fused-ring (bicyclic) bond motifs is 10. The van der Waals surface area contributed by atoms with Gasteiger partial charge in [-0.1, -0.05) is 38.1 Å². The van der Waals surface area contributed by atoms with Gasteiger partial charge in [0.15, 0.2) is 0 Å². The number of benzene rings is 1. The van der Waals surface area contributed by atoms with Crippen molar-refractivity contribution in [2.75, 3.05) is 0 Å². The Balaban J connectivity index is 0.00000372. The molecule has 46 heavy (non-hydrogen) atoms. The maximum atomic E-state index is 11.5. The molecule has 0 atom stereocenters. The quantitative estimate of drug-likeness (QED) is 0.185. The molecule has 7 rings (SSSR count). The van der Waals surface area contributed by atoms with Gasteiger partial charge >= 0.3 is 22.4 Å². The summed E-state index contributed by atoms with van der Waals surface area (Å²) in [6.45, 7) is 8.54. The van der Waals surface area contributed by atoms with Gasteiger partial charge in [0.25, 0.3) is 0 Å². The monoisotopic (exact) mass is 697 g/mol. The van der Waals surface area contributed by atoms with E-state index in [9.17, 15) is 9.90 Å². The summed E-state index contributed by atoms with van der Waals surface area (Å²) in [7, 11) is 0. The predicted octanol–water partition coefficient (Wildman–Crippen LogP) is 8.03. The summed E-state index contributed by atoms with van der Waals surface area (Å²) >= 11 is 0. The average Bonchev–Trinajstić information content (AvgIpc) is 3.86. The van der Waals surface area contributed by atoms with Crippen LogP contribution in [-0.2, 0) is 22.4 Å². The second kappa shape index (κ2) is 12.5. The van der Waals surface area contributed by atoms with Crippen LogP contribution in [0.3, 0.4) is 0 Å². The first-order valence-corrected chi connectivity index (χ1v) is 15.2. The summed E-state index contributed by atoms with van der Waals surface area (Å²) in [5.74, 6) is -1.20. The Morgan fingerprint density at radius 2 is 1.13 bits per heavy atom. The molecule has 0 amide bonds. The van der Waals surface area contributed by atoms with Gasteiger partial charge in [0.05, 0.1) is 40.1 Å². The second-order valence-corrected chi connectivity index (χ2v) is 11.4. The zero-order valence-corrected chi connectivity index (χ0v) is 27.4. The van der Waals surface area contributed by atoms with E-state index in [1.165, 1.54) is 11.1 Å². The van der Waals surface area contributed by atoms with Crippen molar-refractivity contribution < 1.29 is 32.3 Å².